The van der Waals surface area contributed by atoms with Crippen molar-refractivity contribution < 1.29 is 14.0 Å². The van der Waals surface area contributed by atoms with Gasteiger partial charge in [0, 0.05) is 21.4 Å². The molecule has 0 aliphatic carbocycles. The van der Waals surface area contributed by atoms with Gasteiger partial charge in [0.05, 0.1) is 35.5 Å². The molecule has 1 N–H and O–H groups in total. The molecule has 1 aliphatic heterocycles. The number of halogens is 1. The van der Waals surface area contributed by atoms with Gasteiger partial charge in [-0.15, -0.1) is 0 Å². The number of amides is 1. The fourth-order valence-corrected chi connectivity index (χ4v) is 5.17. The number of hydrogen-bond donors (Lipinski definition) is 1. The van der Waals surface area contributed by atoms with E-state index in [2.05, 4.69) is 32.3 Å². The molecule has 2 atom stereocenters. The summed E-state index contributed by atoms with van der Waals surface area (Å²) in [6, 6.07) is 22.0. The van der Waals surface area contributed by atoms with Crippen molar-refractivity contribution in [2.24, 2.45) is 10.9 Å². The lowest BCUT2D eigenvalue weighted by Gasteiger charge is -2.29. The molecule has 0 spiro atoms. The number of thioether (sulfide) groups is 1. The SMILES string of the molecule is CC1=NC(SCC(=O)c2cccc(Br)c2)=C(C#N)[C@H](c2ccco2)C1C(=O)Nc1ccccc1. The Morgan fingerprint density at radius 3 is 2.62 bits per heavy atom. The number of anilines is 1. The summed E-state index contributed by atoms with van der Waals surface area (Å²) >= 11 is 4.57. The summed E-state index contributed by atoms with van der Waals surface area (Å²) in [5.74, 6) is -1.14. The number of carbonyl (C=O) groups excluding carboxylic acids is 2. The Hall–Kier alpha value is -3.41. The second-order valence-electron chi connectivity index (χ2n) is 7.63. The number of nitriles is 1. The molecule has 170 valence electrons. The van der Waals surface area contributed by atoms with E-state index >= 15 is 0 Å². The van der Waals surface area contributed by atoms with E-state index < -0.39 is 11.8 Å². The number of Topliss-reactive ketones (excluding diaryl/α,β-unsaturated/α-hetero) is 1. The number of benzene rings is 2. The van der Waals surface area contributed by atoms with Gasteiger partial charge < -0.3 is 9.73 Å². The molecule has 0 fully saturated rings. The maximum Gasteiger partial charge on any atom is 0.234 e. The monoisotopic (exact) mass is 533 g/mol. The third kappa shape index (κ3) is 5.22. The Balaban J connectivity index is 1.64. The lowest BCUT2D eigenvalue weighted by Crippen LogP contribution is -2.36. The smallest absolute Gasteiger partial charge is 0.234 e. The predicted molar refractivity (Wildman–Crippen MR) is 137 cm³/mol. The van der Waals surface area contributed by atoms with Gasteiger partial charge in [-0.05, 0) is 43.3 Å². The van der Waals surface area contributed by atoms with Crippen LogP contribution >= 0.6 is 27.7 Å². The molecule has 6 nitrogen and oxygen atoms in total. The molecular weight excluding hydrogens is 514 g/mol. The number of hydrogen-bond acceptors (Lipinski definition) is 6. The molecule has 1 amide bonds. The summed E-state index contributed by atoms with van der Waals surface area (Å²) in [5, 5.41) is 13.4. The molecule has 0 saturated heterocycles. The van der Waals surface area contributed by atoms with Crippen molar-refractivity contribution in [1.29, 1.82) is 5.26 Å². The number of furan rings is 1. The van der Waals surface area contributed by atoms with Crippen LogP contribution in [0.1, 0.15) is 29.0 Å². The van der Waals surface area contributed by atoms with Crippen LogP contribution in [0.4, 0.5) is 5.69 Å². The molecule has 8 heteroatoms. The standard InChI is InChI=1S/C26H20BrN3O3S/c1-16-23(25(32)30-19-9-3-2-4-10-19)24(22-11-6-12-33-22)20(14-28)26(29-16)34-15-21(31)17-7-5-8-18(27)13-17/h2-13,23-24H,15H2,1H3,(H,30,32)/t23?,24-/m1/s1. The van der Waals surface area contributed by atoms with Crippen LogP contribution in [0.2, 0.25) is 0 Å². The second kappa shape index (κ2) is 10.7. The van der Waals surface area contributed by atoms with Crippen molar-refractivity contribution >= 4 is 50.8 Å². The van der Waals surface area contributed by atoms with Gasteiger partial charge in [-0.3, -0.25) is 9.59 Å². The maximum absolute atomic E-state index is 13.3. The number of para-hydroxylation sites is 1. The molecule has 0 radical (unpaired) electrons. The number of nitrogens with zero attached hydrogens (tertiary/aromatic N) is 2. The van der Waals surface area contributed by atoms with Crippen LogP contribution in [0, 0.1) is 17.2 Å². The Morgan fingerprint density at radius 1 is 1.15 bits per heavy atom. The average Bonchev–Trinajstić information content (AvgIpc) is 3.37. The summed E-state index contributed by atoms with van der Waals surface area (Å²) < 4.78 is 6.46. The number of carbonyl (C=O) groups is 2. The number of aliphatic imine (C=N–C) groups is 1. The van der Waals surface area contributed by atoms with Gasteiger partial charge in [-0.1, -0.05) is 58.0 Å². The molecule has 1 unspecified atom stereocenters. The zero-order valence-electron chi connectivity index (χ0n) is 18.2. The first-order valence-corrected chi connectivity index (χ1v) is 12.3. The quantitative estimate of drug-likeness (QED) is 0.364. The molecule has 1 aromatic heterocycles. The van der Waals surface area contributed by atoms with E-state index in [-0.39, 0.29) is 17.4 Å². The summed E-state index contributed by atoms with van der Waals surface area (Å²) in [6.45, 7) is 1.76. The summed E-state index contributed by atoms with van der Waals surface area (Å²) in [7, 11) is 0. The zero-order chi connectivity index (χ0) is 24.1. The van der Waals surface area contributed by atoms with E-state index in [1.807, 2.05) is 24.3 Å². The van der Waals surface area contributed by atoms with Crippen molar-refractivity contribution in [3.63, 3.8) is 0 Å². The van der Waals surface area contributed by atoms with Crippen LogP contribution in [-0.2, 0) is 4.79 Å². The normalized spacial score (nSPS) is 17.6. The lowest BCUT2D eigenvalue weighted by atomic mass is 9.79. The van der Waals surface area contributed by atoms with Crippen LogP contribution in [0.25, 0.3) is 0 Å². The summed E-state index contributed by atoms with van der Waals surface area (Å²) in [4.78, 5) is 30.6. The molecular formula is C26H20BrN3O3S. The van der Waals surface area contributed by atoms with Gasteiger partial charge >= 0.3 is 0 Å². The number of ketones is 1. The zero-order valence-corrected chi connectivity index (χ0v) is 20.6. The fraction of sp³-hybridized carbons (Fsp3) is 0.154. The van der Waals surface area contributed by atoms with Gasteiger partial charge in [0.25, 0.3) is 0 Å². The van der Waals surface area contributed by atoms with Gasteiger partial charge in [0.1, 0.15) is 10.8 Å². The minimum Gasteiger partial charge on any atom is -0.469 e. The van der Waals surface area contributed by atoms with E-state index in [1.54, 1.807) is 49.4 Å². The highest BCUT2D eigenvalue weighted by Crippen LogP contribution is 2.42. The average molecular weight is 534 g/mol. The largest absolute Gasteiger partial charge is 0.469 e. The minimum atomic E-state index is -0.730. The molecule has 2 heterocycles. The highest BCUT2D eigenvalue weighted by atomic mass is 79.9. The van der Waals surface area contributed by atoms with Crippen LogP contribution in [0.15, 0.2) is 97.5 Å². The van der Waals surface area contributed by atoms with E-state index in [1.165, 1.54) is 18.0 Å². The van der Waals surface area contributed by atoms with E-state index in [0.717, 1.165) is 4.47 Å². The Morgan fingerprint density at radius 2 is 1.94 bits per heavy atom. The first kappa shape index (κ1) is 23.7. The first-order valence-electron chi connectivity index (χ1n) is 10.5. The van der Waals surface area contributed by atoms with Gasteiger partial charge in [0.2, 0.25) is 5.91 Å². The highest BCUT2D eigenvalue weighted by molar-refractivity contribution is 9.10. The molecule has 0 saturated carbocycles. The van der Waals surface area contributed by atoms with Crippen LogP contribution in [-0.4, -0.2) is 23.2 Å². The van der Waals surface area contributed by atoms with E-state index in [9.17, 15) is 14.9 Å². The van der Waals surface area contributed by atoms with Gasteiger partial charge in [-0.2, -0.15) is 5.26 Å². The summed E-state index contributed by atoms with van der Waals surface area (Å²) in [6.07, 6.45) is 1.52. The van der Waals surface area contributed by atoms with Crippen molar-refractivity contribution in [2.75, 3.05) is 11.1 Å². The molecule has 3 aromatic rings. The molecule has 34 heavy (non-hydrogen) atoms. The topological polar surface area (TPSA) is 95.5 Å². The highest BCUT2D eigenvalue weighted by Gasteiger charge is 2.41. The molecule has 2 aromatic carbocycles. The van der Waals surface area contributed by atoms with Gasteiger partial charge in [-0.25, -0.2) is 4.99 Å². The van der Waals surface area contributed by atoms with Crippen molar-refractivity contribution in [2.45, 2.75) is 12.8 Å². The van der Waals surface area contributed by atoms with Crippen molar-refractivity contribution in [3.05, 3.63) is 99.4 Å². The van der Waals surface area contributed by atoms with Crippen LogP contribution in [0.3, 0.4) is 0 Å². The number of nitrogens with one attached hydrogen (secondary N) is 1. The van der Waals surface area contributed by atoms with Crippen molar-refractivity contribution in [1.82, 2.24) is 0 Å². The Kier molecular flexibility index (Phi) is 7.46. The first-order chi connectivity index (χ1) is 16.5. The maximum atomic E-state index is 13.3. The fourth-order valence-electron chi connectivity index (χ4n) is 3.79. The third-order valence-corrected chi connectivity index (χ3v) is 6.87. The van der Waals surface area contributed by atoms with Crippen molar-refractivity contribution in [3.8, 4) is 6.07 Å². The number of rotatable bonds is 7. The number of allylic oxidation sites excluding steroid dienone is 1. The Bertz CT molecular complexity index is 1310. The molecule has 4 rings (SSSR count). The predicted octanol–water partition coefficient (Wildman–Crippen LogP) is 6.21. The van der Waals surface area contributed by atoms with Crippen LogP contribution in [0.5, 0.6) is 0 Å². The third-order valence-electron chi connectivity index (χ3n) is 5.38. The molecule has 1 aliphatic rings. The minimum absolute atomic E-state index is 0.0811. The van der Waals surface area contributed by atoms with Crippen LogP contribution < -0.4 is 5.32 Å². The van der Waals surface area contributed by atoms with E-state index in [0.29, 0.717) is 33.3 Å². The Labute approximate surface area is 209 Å². The molecule has 0 bridgehead atoms. The van der Waals surface area contributed by atoms with Gasteiger partial charge in [0.15, 0.2) is 5.78 Å². The lowest BCUT2D eigenvalue weighted by molar-refractivity contribution is -0.118. The summed E-state index contributed by atoms with van der Waals surface area (Å²) in [5.41, 5.74) is 2.08. The van der Waals surface area contributed by atoms with E-state index in [4.69, 9.17) is 4.42 Å². The second-order valence-corrected chi connectivity index (χ2v) is 9.51.